The molecule has 106 valence electrons. The van der Waals surface area contributed by atoms with E-state index < -0.39 is 0 Å². The molecular weight excluding hydrogens is 234 g/mol. The molecule has 0 bridgehead atoms. The van der Waals surface area contributed by atoms with Gasteiger partial charge >= 0.3 is 0 Å². The second-order valence-electron chi connectivity index (χ2n) is 5.21. The van der Waals surface area contributed by atoms with E-state index in [0.717, 1.165) is 12.0 Å². The highest BCUT2D eigenvalue weighted by Gasteiger charge is 2.04. The largest absolute Gasteiger partial charge is 0.411 e. The average molecular weight is 261 g/mol. The van der Waals surface area contributed by atoms with E-state index in [9.17, 15) is 0 Å². The molecular formula is C17H27NO. The zero-order valence-electron chi connectivity index (χ0n) is 12.4. The van der Waals surface area contributed by atoms with Gasteiger partial charge in [-0.05, 0) is 25.3 Å². The normalized spacial score (nSPS) is 11.8. The third-order valence-corrected chi connectivity index (χ3v) is 3.61. The summed E-state index contributed by atoms with van der Waals surface area (Å²) in [7, 11) is 0. The predicted octanol–water partition coefficient (Wildman–Crippen LogP) is 5.18. The van der Waals surface area contributed by atoms with Crippen LogP contribution in [-0.4, -0.2) is 10.9 Å². The average Bonchev–Trinajstić information content (AvgIpc) is 2.46. The Morgan fingerprint density at radius 2 is 1.63 bits per heavy atom. The molecule has 19 heavy (non-hydrogen) atoms. The topological polar surface area (TPSA) is 32.6 Å². The molecule has 0 spiro atoms. The van der Waals surface area contributed by atoms with E-state index in [-0.39, 0.29) is 0 Å². The first-order chi connectivity index (χ1) is 9.29. The Morgan fingerprint density at radius 3 is 2.32 bits per heavy atom. The van der Waals surface area contributed by atoms with E-state index in [4.69, 9.17) is 5.21 Å². The Bertz CT molecular complexity index is 385. The molecule has 2 heteroatoms. The van der Waals surface area contributed by atoms with Crippen LogP contribution in [-0.2, 0) is 6.42 Å². The molecule has 0 heterocycles. The number of nitrogens with zero attached hydrogens (tertiary/aromatic N) is 1. The number of unbranched alkanes of at least 4 members (excludes halogenated alkanes) is 6. The smallest absolute Gasteiger partial charge is 0.0839 e. The molecule has 0 atom stereocenters. The summed E-state index contributed by atoms with van der Waals surface area (Å²) < 4.78 is 0. The number of aryl methyl sites for hydroxylation is 1. The number of benzene rings is 1. The fourth-order valence-corrected chi connectivity index (χ4v) is 2.42. The molecule has 2 nitrogen and oxygen atoms in total. The number of oxime groups is 1. The van der Waals surface area contributed by atoms with Gasteiger partial charge in [-0.1, -0.05) is 74.9 Å². The summed E-state index contributed by atoms with van der Waals surface area (Å²) in [6.45, 7) is 4.10. The van der Waals surface area contributed by atoms with Crippen molar-refractivity contribution < 1.29 is 5.21 Å². The monoisotopic (exact) mass is 261 g/mol. The lowest BCUT2D eigenvalue weighted by Gasteiger charge is -2.08. The minimum Gasteiger partial charge on any atom is -0.411 e. The van der Waals surface area contributed by atoms with Crippen LogP contribution < -0.4 is 0 Å². The van der Waals surface area contributed by atoms with E-state index in [0.29, 0.717) is 5.71 Å². The van der Waals surface area contributed by atoms with Gasteiger partial charge in [0.25, 0.3) is 0 Å². The fraction of sp³-hybridized carbons (Fsp3) is 0.588. The third-order valence-electron chi connectivity index (χ3n) is 3.61. The molecule has 0 aliphatic rings. The van der Waals surface area contributed by atoms with Gasteiger partial charge in [0.2, 0.25) is 0 Å². The van der Waals surface area contributed by atoms with Crippen LogP contribution in [0.4, 0.5) is 0 Å². The van der Waals surface area contributed by atoms with Gasteiger partial charge in [0.15, 0.2) is 0 Å². The van der Waals surface area contributed by atoms with Crippen LogP contribution in [0.15, 0.2) is 29.4 Å². The summed E-state index contributed by atoms with van der Waals surface area (Å²) in [5, 5.41) is 12.2. The van der Waals surface area contributed by atoms with Gasteiger partial charge in [-0.25, -0.2) is 0 Å². The first-order valence-electron chi connectivity index (χ1n) is 7.56. The van der Waals surface area contributed by atoms with Crippen LogP contribution in [0.2, 0.25) is 0 Å². The molecule has 0 aliphatic heterocycles. The van der Waals surface area contributed by atoms with Gasteiger partial charge in [0.1, 0.15) is 0 Å². The van der Waals surface area contributed by atoms with Crippen molar-refractivity contribution in [2.45, 2.75) is 65.2 Å². The highest BCUT2D eigenvalue weighted by atomic mass is 16.4. The molecule has 0 saturated heterocycles. The second kappa shape index (κ2) is 9.60. The van der Waals surface area contributed by atoms with Crippen molar-refractivity contribution in [1.29, 1.82) is 0 Å². The van der Waals surface area contributed by atoms with Gasteiger partial charge in [0, 0.05) is 5.56 Å². The Kier molecular flexibility index (Phi) is 7.95. The van der Waals surface area contributed by atoms with Crippen molar-refractivity contribution in [1.82, 2.24) is 0 Å². The molecule has 0 amide bonds. The van der Waals surface area contributed by atoms with Gasteiger partial charge in [0.05, 0.1) is 5.71 Å². The molecule has 0 radical (unpaired) electrons. The van der Waals surface area contributed by atoms with Crippen LogP contribution >= 0.6 is 0 Å². The van der Waals surface area contributed by atoms with Crippen molar-refractivity contribution in [3.05, 3.63) is 35.4 Å². The molecule has 1 aromatic rings. The van der Waals surface area contributed by atoms with Gasteiger partial charge in [-0.2, -0.15) is 0 Å². The highest BCUT2D eigenvalue weighted by molar-refractivity contribution is 5.99. The summed E-state index contributed by atoms with van der Waals surface area (Å²) in [5.41, 5.74) is 3.08. The van der Waals surface area contributed by atoms with E-state index in [2.05, 4.69) is 24.2 Å². The molecule has 0 aromatic heterocycles. The number of hydrogen-bond acceptors (Lipinski definition) is 2. The summed E-state index contributed by atoms with van der Waals surface area (Å²) in [6.07, 6.45) is 10.4. The Labute approximate surface area is 117 Å². The highest BCUT2D eigenvalue weighted by Crippen LogP contribution is 2.15. The van der Waals surface area contributed by atoms with Gasteiger partial charge < -0.3 is 5.21 Å². The van der Waals surface area contributed by atoms with E-state index in [1.54, 1.807) is 0 Å². The quantitative estimate of drug-likeness (QED) is 0.282. The summed E-state index contributed by atoms with van der Waals surface area (Å²) in [6, 6.07) is 8.23. The maximum Gasteiger partial charge on any atom is 0.0839 e. The van der Waals surface area contributed by atoms with Crippen LogP contribution in [0.3, 0.4) is 0 Å². The molecule has 0 unspecified atom stereocenters. The minimum atomic E-state index is 0.707. The summed E-state index contributed by atoms with van der Waals surface area (Å²) >= 11 is 0. The number of hydrogen-bond donors (Lipinski definition) is 1. The van der Waals surface area contributed by atoms with E-state index >= 15 is 0 Å². The zero-order valence-corrected chi connectivity index (χ0v) is 12.4. The van der Waals surface area contributed by atoms with Crippen LogP contribution in [0, 0.1) is 0 Å². The van der Waals surface area contributed by atoms with Gasteiger partial charge in [-0.3, -0.25) is 0 Å². The Hall–Kier alpha value is -1.31. The zero-order chi connectivity index (χ0) is 13.9. The van der Waals surface area contributed by atoms with Crippen molar-refractivity contribution in [3.8, 4) is 0 Å². The van der Waals surface area contributed by atoms with Crippen molar-refractivity contribution in [3.63, 3.8) is 0 Å². The first-order valence-corrected chi connectivity index (χ1v) is 7.56. The lowest BCUT2D eigenvalue weighted by atomic mass is 9.98. The first kappa shape index (κ1) is 15.7. The van der Waals surface area contributed by atoms with Crippen molar-refractivity contribution in [2.24, 2.45) is 5.16 Å². The van der Waals surface area contributed by atoms with Crippen molar-refractivity contribution >= 4 is 5.71 Å². The van der Waals surface area contributed by atoms with Crippen LogP contribution in [0.1, 0.15) is 69.9 Å². The van der Waals surface area contributed by atoms with E-state index in [1.807, 2.05) is 19.1 Å². The van der Waals surface area contributed by atoms with Crippen molar-refractivity contribution in [2.75, 3.05) is 0 Å². The van der Waals surface area contributed by atoms with Crippen LogP contribution in [0.25, 0.3) is 0 Å². The van der Waals surface area contributed by atoms with Crippen LogP contribution in [0.5, 0.6) is 0 Å². The molecule has 1 rings (SSSR count). The Morgan fingerprint density at radius 1 is 1.00 bits per heavy atom. The summed E-state index contributed by atoms with van der Waals surface area (Å²) in [5.74, 6) is 0. The maximum absolute atomic E-state index is 8.89. The SMILES string of the molecule is CCCCCCCCCc1ccccc1C(C)=NO. The predicted molar refractivity (Wildman–Crippen MR) is 82.1 cm³/mol. The molecule has 0 saturated carbocycles. The summed E-state index contributed by atoms with van der Waals surface area (Å²) in [4.78, 5) is 0. The molecule has 1 aromatic carbocycles. The second-order valence-corrected chi connectivity index (χ2v) is 5.21. The van der Waals surface area contributed by atoms with Gasteiger partial charge in [-0.15, -0.1) is 0 Å². The fourth-order valence-electron chi connectivity index (χ4n) is 2.42. The molecule has 1 N–H and O–H groups in total. The third kappa shape index (κ3) is 5.91. The van der Waals surface area contributed by atoms with E-state index in [1.165, 1.54) is 50.5 Å². The number of rotatable bonds is 9. The lowest BCUT2D eigenvalue weighted by Crippen LogP contribution is -2.01. The lowest BCUT2D eigenvalue weighted by molar-refractivity contribution is 0.319. The minimum absolute atomic E-state index is 0.707. The molecule has 0 fully saturated rings. The molecule has 0 aliphatic carbocycles. The Balaban J connectivity index is 2.33. The maximum atomic E-state index is 8.89. The standard InChI is InChI=1S/C17H27NO/c1-3-4-5-6-7-8-9-12-16-13-10-11-14-17(16)15(2)18-19/h10-11,13-14,19H,3-9,12H2,1-2H3.